The van der Waals surface area contributed by atoms with Gasteiger partial charge in [0.15, 0.2) is 6.23 Å². The zero-order chi connectivity index (χ0) is 13.6. The van der Waals surface area contributed by atoms with Gasteiger partial charge in [-0.15, -0.1) is 0 Å². The van der Waals surface area contributed by atoms with Crippen LogP contribution in [0, 0.1) is 0 Å². The van der Waals surface area contributed by atoms with E-state index in [-0.39, 0.29) is 0 Å². The predicted octanol–water partition coefficient (Wildman–Crippen LogP) is 0.112. The third-order valence-corrected chi connectivity index (χ3v) is 3.50. The summed E-state index contributed by atoms with van der Waals surface area (Å²) in [5.74, 6) is 0.713. The van der Waals surface area contributed by atoms with Crippen LogP contribution in [0.25, 0.3) is 11.0 Å². The molecule has 0 aliphatic carbocycles. The molecule has 0 saturated carbocycles. The van der Waals surface area contributed by atoms with Gasteiger partial charge < -0.3 is 24.8 Å². The Morgan fingerprint density at radius 3 is 2.74 bits per heavy atom. The summed E-state index contributed by atoms with van der Waals surface area (Å²) in [6.45, 7) is 1.73. The molecular formula is C12H16N4O3. The van der Waals surface area contributed by atoms with E-state index in [1.54, 1.807) is 24.7 Å². The molecule has 4 atom stereocenters. The summed E-state index contributed by atoms with van der Waals surface area (Å²) in [5, 5.41) is 23.6. The molecule has 1 fully saturated rings. The third kappa shape index (κ3) is 1.78. The van der Waals surface area contributed by atoms with Crippen molar-refractivity contribution in [3.8, 4) is 0 Å². The quantitative estimate of drug-likeness (QED) is 0.713. The molecule has 0 spiro atoms. The van der Waals surface area contributed by atoms with Crippen molar-refractivity contribution < 1.29 is 14.9 Å². The summed E-state index contributed by atoms with van der Waals surface area (Å²) in [4.78, 5) is 8.34. The van der Waals surface area contributed by atoms with E-state index in [0.717, 1.165) is 5.39 Å². The minimum atomic E-state index is -0.974. The van der Waals surface area contributed by atoms with Gasteiger partial charge in [-0.2, -0.15) is 0 Å². The molecule has 3 heterocycles. The molecule has 3 rings (SSSR count). The molecule has 3 N–H and O–H groups in total. The maximum atomic E-state index is 10.0. The van der Waals surface area contributed by atoms with E-state index in [1.807, 2.05) is 6.07 Å². The first-order chi connectivity index (χ1) is 9.13. The molecule has 0 amide bonds. The number of anilines is 1. The van der Waals surface area contributed by atoms with E-state index in [1.165, 1.54) is 6.33 Å². The van der Waals surface area contributed by atoms with Crippen molar-refractivity contribution in [2.24, 2.45) is 0 Å². The summed E-state index contributed by atoms with van der Waals surface area (Å²) < 4.78 is 7.31. The van der Waals surface area contributed by atoms with E-state index in [0.29, 0.717) is 11.5 Å². The van der Waals surface area contributed by atoms with Crippen LogP contribution in [0.15, 0.2) is 18.6 Å². The van der Waals surface area contributed by atoms with Crippen LogP contribution < -0.4 is 5.32 Å². The number of rotatable bonds is 2. The first-order valence-electron chi connectivity index (χ1n) is 6.14. The van der Waals surface area contributed by atoms with Crippen molar-refractivity contribution in [3.63, 3.8) is 0 Å². The van der Waals surface area contributed by atoms with Gasteiger partial charge in [0.25, 0.3) is 0 Å². The summed E-state index contributed by atoms with van der Waals surface area (Å²) in [5.41, 5.74) is 0.657. The summed E-state index contributed by atoms with van der Waals surface area (Å²) in [6, 6.07) is 1.85. The summed E-state index contributed by atoms with van der Waals surface area (Å²) in [6.07, 6.45) is 0.307. The SMILES string of the molecule is CNc1ncnc2c1ccn2[C@@H]1O[C@H](C)[C@@H](O)[C@H]1O. The number of aromatic nitrogens is 3. The minimum Gasteiger partial charge on any atom is -0.388 e. The monoisotopic (exact) mass is 264 g/mol. The zero-order valence-corrected chi connectivity index (χ0v) is 10.7. The number of fused-ring (bicyclic) bond motifs is 1. The van der Waals surface area contributed by atoms with Crippen LogP contribution in [-0.2, 0) is 4.74 Å². The van der Waals surface area contributed by atoms with Crippen LogP contribution in [-0.4, -0.2) is 50.1 Å². The molecular weight excluding hydrogens is 248 g/mol. The van der Waals surface area contributed by atoms with E-state index >= 15 is 0 Å². The van der Waals surface area contributed by atoms with Gasteiger partial charge in [-0.1, -0.05) is 0 Å². The van der Waals surface area contributed by atoms with Gasteiger partial charge in [-0.3, -0.25) is 0 Å². The highest BCUT2D eigenvalue weighted by Crippen LogP contribution is 2.32. The molecule has 7 nitrogen and oxygen atoms in total. The fourth-order valence-corrected chi connectivity index (χ4v) is 2.43. The van der Waals surface area contributed by atoms with Crippen LogP contribution >= 0.6 is 0 Å². The smallest absolute Gasteiger partial charge is 0.164 e. The standard InChI is InChI=1S/C12H16N4O3/c1-6-8(17)9(18)12(19-6)16-4-3-7-10(13-2)14-5-15-11(7)16/h3-6,8-9,12,17-18H,1-2H3,(H,13,14,15)/t6-,8-,9-,12-/m1/s1. The second kappa shape index (κ2) is 4.44. The van der Waals surface area contributed by atoms with Gasteiger partial charge in [-0.05, 0) is 13.0 Å². The second-order valence-electron chi connectivity index (χ2n) is 4.65. The van der Waals surface area contributed by atoms with E-state index < -0.39 is 24.5 Å². The number of hydrogen-bond donors (Lipinski definition) is 3. The van der Waals surface area contributed by atoms with Crippen LogP contribution in [0.4, 0.5) is 5.82 Å². The van der Waals surface area contributed by atoms with E-state index in [9.17, 15) is 10.2 Å². The summed E-state index contributed by atoms with van der Waals surface area (Å²) >= 11 is 0. The van der Waals surface area contributed by atoms with Gasteiger partial charge in [0.05, 0.1) is 11.5 Å². The Kier molecular flexibility index (Phi) is 2.89. The van der Waals surface area contributed by atoms with Crippen molar-refractivity contribution in [2.75, 3.05) is 12.4 Å². The van der Waals surface area contributed by atoms with E-state index in [4.69, 9.17) is 4.74 Å². The molecule has 1 aliphatic rings. The van der Waals surface area contributed by atoms with Crippen molar-refractivity contribution >= 4 is 16.9 Å². The number of hydrogen-bond acceptors (Lipinski definition) is 6. The van der Waals surface area contributed by atoms with Crippen LogP contribution in [0.1, 0.15) is 13.2 Å². The third-order valence-electron chi connectivity index (χ3n) is 3.50. The number of aliphatic hydroxyl groups is 2. The van der Waals surface area contributed by atoms with Gasteiger partial charge >= 0.3 is 0 Å². The minimum absolute atomic E-state index is 0.414. The number of nitrogens with zero attached hydrogens (tertiary/aromatic N) is 3. The maximum absolute atomic E-state index is 10.0. The van der Waals surface area contributed by atoms with Crippen LogP contribution in [0.5, 0.6) is 0 Å². The highest BCUT2D eigenvalue weighted by atomic mass is 16.6. The predicted molar refractivity (Wildman–Crippen MR) is 68.7 cm³/mol. The molecule has 2 aromatic heterocycles. The molecule has 0 unspecified atom stereocenters. The zero-order valence-electron chi connectivity index (χ0n) is 10.7. The number of nitrogens with one attached hydrogen (secondary N) is 1. The average molecular weight is 264 g/mol. The topological polar surface area (TPSA) is 92.4 Å². The van der Waals surface area contributed by atoms with Crippen molar-refractivity contribution in [2.45, 2.75) is 31.5 Å². The lowest BCUT2D eigenvalue weighted by Gasteiger charge is -2.17. The number of ether oxygens (including phenoxy) is 1. The Hall–Kier alpha value is -1.70. The lowest BCUT2D eigenvalue weighted by atomic mass is 10.1. The first kappa shape index (κ1) is 12.3. The Morgan fingerprint density at radius 1 is 1.32 bits per heavy atom. The highest BCUT2D eigenvalue weighted by Gasteiger charge is 2.41. The van der Waals surface area contributed by atoms with Gasteiger partial charge in [0.1, 0.15) is 30.0 Å². The molecule has 102 valence electrons. The van der Waals surface area contributed by atoms with Crippen LogP contribution in [0.3, 0.4) is 0 Å². The van der Waals surface area contributed by atoms with Crippen molar-refractivity contribution in [3.05, 3.63) is 18.6 Å². The fraction of sp³-hybridized carbons (Fsp3) is 0.500. The molecule has 0 radical (unpaired) electrons. The normalized spacial score (nSPS) is 30.9. The molecule has 0 aromatic carbocycles. The second-order valence-corrected chi connectivity index (χ2v) is 4.65. The van der Waals surface area contributed by atoms with Gasteiger partial charge in [-0.25, -0.2) is 9.97 Å². The fourth-order valence-electron chi connectivity index (χ4n) is 2.43. The molecule has 1 aliphatic heterocycles. The summed E-state index contributed by atoms with van der Waals surface area (Å²) in [7, 11) is 1.78. The van der Waals surface area contributed by atoms with Gasteiger partial charge in [0, 0.05) is 13.2 Å². The number of aliphatic hydroxyl groups excluding tert-OH is 2. The Labute approximate surface area is 109 Å². The molecule has 0 bridgehead atoms. The van der Waals surface area contributed by atoms with Gasteiger partial charge in [0.2, 0.25) is 0 Å². The van der Waals surface area contributed by atoms with Crippen molar-refractivity contribution in [1.29, 1.82) is 0 Å². The van der Waals surface area contributed by atoms with Crippen LogP contribution in [0.2, 0.25) is 0 Å². The van der Waals surface area contributed by atoms with E-state index in [2.05, 4.69) is 15.3 Å². The lowest BCUT2D eigenvalue weighted by molar-refractivity contribution is -0.0296. The Balaban J connectivity index is 2.07. The molecule has 7 heteroatoms. The largest absolute Gasteiger partial charge is 0.388 e. The van der Waals surface area contributed by atoms with Crippen molar-refractivity contribution in [1.82, 2.24) is 14.5 Å². The molecule has 19 heavy (non-hydrogen) atoms. The maximum Gasteiger partial charge on any atom is 0.164 e. The first-order valence-corrected chi connectivity index (χ1v) is 6.14. The Morgan fingerprint density at radius 2 is 2.11 bits per heavy atom. The molecule has 1 saturated heterocycles. The lowest BCUT2D eigenvalue weighted by Crippen LogP contribution is -2.30. The molecule has 2 aromatic rings. The highest BCUT2D eigenvalue weighted by molar-refractivity contribution is 5.87. The average Bonchev–Trinajstić information content (AvgIpc) is 2.95. The Bertz CT molecular complexity index is 600.